The first kappa shape index (κ1) is 46.1. The molecule has 65 heavy (non-hydrogen) atoms. The topological polar surface area (TPSA) is 88.9 Å². The van der Waals surface area contributed by atoms with Gasteiger partial charge in [-0.3, -0.25) is 9.98 Å². The molecule has 6 heterocycles. The maximum atomic E-state index is 15.6. The zero-order valence-corrected chi connectivity index (χ0v) is 34.1. The number of fused-ring (bicyclic) bond motifs is 7. The summed E-state index contributed by atoms with van der Waals surface area (Å²) in [5, 5.41) is 10.6. The summed E-state index contributed by atoms with van der Waals surface area (Å²) >= 11 is 0. The quantitative estimate of drug-likeness (QED) is 0.0604. The Labute approximate surface area is 366 Å². The molecule has 0 radical (unpaired) electrons. The molecule has 22 heteroatoms. The van der Waals surface area contributed by atoms with E-state index >= 15 is 26.3 Å². The second-order valence-corrected chi connectivity index (χ2v) is 13.5. The molecule has 3 aromatic carbocycles. The maximum Gasteiger partial charge on any atom is 3.00 e. The second-order valence-electron chi connectivity index (χ2n) is 13.5. The van der Waals surface area contributed by atoms with Gasteiger partial charge in [0.15, 0.2) is 69.8 Å². The molecule has 0 fully saturated rings. The van der Waals surface area contributed by atoms with Crippen molar-refractivity contribution in [2.24, 2.45) is 9.98 Å². The fourth-order valence-electron chi connectivity index (χ4n) is 7.01. The molecule has 0 amide bonds. The Bertz CT molecular complexity index is 3190. The van der Waals surface area contributed by atoms with E-state index in [2.05, 4.69) is 24.9 Å². The number of allylic oxidation sites excluding steroid dienone is 3. The monoisotopic (exact) mass is 971 g/mol. The minimum atomic E-state index is -2.63. The average Bonchev–Trinajstić information content (AvgIpc) is 4.15. The standard InChI is InChI=1S/C38H11F15N4O.C5H5N.Ga/c39-23-20(24(40)30(46)35(51)29(23)45)17-11-2-1-10(54-11)16-7-9(8-58)38(57-16)19(22-27(43)33(49)37(53)34(50)28(22)44)15-6-5-14(56-15)18(13-4-3-12(17)55-13)21-25(41)31(47)36(52)32(48)26(21)42;1-2-4-6-5-3-1;/h1-2,5-8H,3-4H2,(H-2,54,55,56,57,58);1-5H;/q-2;;+3/p-1. The first-order chi connectivity index (χ1) is 30.5. The van der Waals surface area contributed by atoms with Crippen molar-refractivity contribution in [3.8, 4) is 0 Å². The molecule has 6 nitrogen and oxygen atoms in total. The summed E-state index contributed by atoms with van der Waals surface area (Å²) in [5.41, 5.74) is -12.7. The number of nitrogens with zero attached hydrogens (tertiary/aromatic N) is 5. The van der Waals surface area contributed by atoms with Crippen molar-refractivity contribution in [3.63, 3.8) is 0 Å². The molecule has 8 bridgehead atoms. The fourth-order valence-corrected chi connectivity index (χ4v) is 7.01. The van der Waals surface area contributed by atoms with E-state index in [1.54, 1.807) is 12.4 Å². The molecular formula is C43H15F15GaN5O. The number of hydrogen-bond donors (Lipinski definition) is 0. The normalized spacial score (nSPS) is 15.0. The number of aromatic nitrogens is 3. The van der Waals surface area contributed by atoms with Crippen LogP contribution in [0.2, 0.25) is 0 Å². The van der Waals surface area contributed by atoms with Crippen LogP contribution in [0.3, 0.4) is 0 Å². The number of aliphatic imine (C=N–C) groups is 2. The Balaban J connectivity index is 0.000000833. The van der Waals surface area contributed by atoms with Gasteiger partial charge in [-0.15, -0.1) is 28.3 Å². The van der Waals surface area contributed by atoms with Crippen molar-refractivity contribution in [2.45, 2.75) is 12.8 Å². The van der Waals surface area contributed by atoms with Gasteiger partial charge in [-0.25, -0.2) is 70.8 Å². The Hall–Kier alpha value is -6.94. The van der Waals surface area contributed by atoms with Gasteiger partial charge >= 0.3 is 19.8 Å². The van der Waals surface area contributed by atoms with Crippen molar-refractivity contribution in [1.82, 2.24) is 15.0 Å². The molecule has 0 atom stereocenters. The number of benzene rings is 3. The van der Waals surface area contributed by atoms with Crippen LogP contribution in [0.1, 0.15) is 40.9 Å². The molecule has 6 aromatic rings. The summed E-state index contributed by atoms with van der Waals surface area (Å²) < 4.78 is 224. The van der Waals surface area contributed by atoms with Crippen LogP contribution in [0.4, 0.5) is 65.9 Å². The Morgan fingerprint density at radius 1 is 0.462 bits per heavy atom. The van der Waals surface area contributed by atoms with E-state index in [0.717, 1.165) is 30.3 Å². The predicted molar refractivity (Wildman–Crippen MR) is 199 cm³/mol. The van der Waals surface area contributed by atoms with Crippen LogP contribution < -0.4 is 25.8 Å². The van der Waals surface area contributed by atoms with Gasteiger partial charge < -0.3 is 15.1 Å². The van der Waals surface area contributed by atoms with Crippen LogP contribution in [-0.4, -0.2) is 36.2 Å². The van der Waals surface area contributed by atoms with E-state index in [0.29, 0.717) is 0 Å². The third-order valence-electron chi connectivity index (χ3n) is 9.86. The third-order valence-corrected chi connectivity index (χ3v) is 9.86. The summed E-state index contributed by atoms with van der Waals surface area (Å²) in [7, 11) is 0. The minimum absolute atomic E-state index is 0. The fraction of sp³-hybridized carbons (Fsp3) is 0.0465. The molecule has 9 rings (SSSR count). The molecule has 0 aliphatic carbocycles. The van der Waals surface area contributed by atoms with Crippen LogP contribution in [0.5, 0.6) is 0 Å². The third kappa shape index (κ3) is 7.48. The van der Waals surface area contributed by atoms with E-state index in [-0.39, 0.29) is 31.7 Å². The molecular weight excluding hydrogens is 957 g/mol. The Kier molecular flexibility index (Phi) is 12.4. The van der Waals surface area contributed by atoms with E-state index < -0.39 is 178 Å². The Morgan fingerprint density at radius 2 is 0.892 bits per heavy atom. The van der Waals surface area contributed by atoms with Crippen LogP contribution in [0, 0.1) is 87.3 Å². The first-order valence-corrected chi connectivity index (χ1v) is 17.9. The van der Waals surface area contributed by atoms with Gasteiger partial charge in [0.05, 0.1) is 22.4 Å². The van der Waals surface area contributed by atoms with Crippen LogP contribution in [-0.2, 0) is 0 Å². The predicted octanol–water partition coefficient (Wildman–Crippen LogP) is 7.53. The van der Waals surface area contributed by atoms with Gasteiger partial charge in [0, 0.05) is 29.5 Å². The number of hydrogen-bond acceptors (Lipinski definition) is 4. The van der Waals surface area contributed by atoms with E-state index in [1.807, 2.05) is 18.2 Å². The second kappa shape index (κ2) is 17.6. The molecule has 0 saturated carbocycles. The molecule has 0 N–H and O–H groups in total. The maximum absolute atomic E-state index is 15.6. The largest absolute Gasteiger partial charge is 3.00 e. The summed E-state index contributed by atoms with van der Waals surface area (Å²) in [6, 6.07) is 9.11. The molecule has 0 unspecified atom stereocenters. The van der Waals surface area contributed by atoms with E-state index in [4.69, 9.17) is 0 Å². The number of rotatable bonds is 3. The molecule has 0 saturated heterocycles. The Morgan fingerprint density at radius 3 is 1.34 bits per heavy atom. The van der Waals surface area contributed by atoms with Crippen molar-refractivity contribution >= 4 is 53.6 Å². The first-order valence-electron chi connectivity index (χ1n) is 17.9. The van der Waals surface area contributed by atoms with Gasteiger partial charge in [-0.05, 0) is 53.3 Å². The van der Waals surface area contributed by atoms with Gasteiger partial charge in [0.25, 0.3) is 0 Å². The average molecular weight is 972 g/mol. The number of pyridine rings is 1. The smallest absolute Gasteiger partial charge is 0.877 e. The van der Waals surface area contributed by atoms with Gasteiger partial charge in [0.2, 0.25) is 17.5 Å². The molecule has 3 aliphatic rings. The van der Waals surface area contributed by atoms with Gasteiger partial charge in [-0.2, -0.15) is 0 Å². The summed E-state index contributed by atoms with van der Waals surface area (Å²) in [6.45, 7) is 0. The van der Waals surface area contributed by atoms with Crippen molar-refractivity contribution in [3.05, 3.63) is 205 Å². The summed E-state index contributed by atoms with van der Waals surface area (Å²) in [5.74, 6) is -37.5. The molecule has 3 aromatic heterocycles. The van der Waals surface area contributed by atoms with Crippen LogP contribution >= 0.6 is 0 Å². The van der Waals surface area contributed by atoms with Crippen molar-refractivity contribution in [2.75, 3.05) is 0 Å². The van der Waals surface area contributed by atoms with Gasteiger partial charge in [0.1, 0.15) is 0 Å². The molecule has 3 aliphatic heterocycles. The van der Waals surface area contributed by atoms with Crippen LogP contribution in [0.15, 0.2) is 88.5 Å². The zero-order chi connectivity index (χ0) is 46.0. The van der Waals surface area contributed by atoms with Gasteiger partial charge in [-0.1, -0.05) is 30.3 Å². The molecule has 326 valence electrons. The van der Waals surface area contributed by atoms with Crippen molar-refractivity contribution in [1.29, 1.82) is 0 Å². The van der Waals surface area contributed by atoms with E-state index in [9.17, 15) is 44.6 Å². The van der Waals surface area contributed by atoms with Crippen molar-refractivity contribution < 1.29 is 71.0 Å². The number of halogens is 15. The van der Waals surface area contributed by atoms with Crippen LogP contribution in [0.25, 0.3) is 22.4 Å². The summed E-state index contributed by atoms with van der Waals surface area (Å²) in [4.78, 5) is 20.1. The SMILES string of the molecule is [Ga+3].[O-]/C=C1/C=C2N=C1C(c1c(F)c(F)c(F)c(F)c1F)=c1ccc([n-]1)=C(c1c(F)c(F)c(F)c(F)c1F)C1=NC(=C(c3c(F)c(F)c(F)c(F)c3F)c3ccc2[n-]3)CC1.c1ccncc1. The summed E-state index contributed by atoms with van der Waals surface area (Å²) in [6.07, 6.45) is 3.08. The minimum Gasteiger partial charge on any atom is -0.877 e. The molecule has 0 spiro atoms. The zero-order valence-electron chi connectivity index (χ0n) is 31.7. The van der Waals surface area contributed by atoms with E-state index in [1.165, 1.54) is 0 Å².